The predicted octanol–water partition coefficient (Wildman–Crippen LogP) is 3.11. The standard InChI is InChI=1S/C15H20BrNO3/c16-13-6-4-12(20-13)5-7-14(19)17-10-15(11-18)8-2-1-3-9-15/h4-7,18H,1-3,8-11H2,(H,17,19)/b7-5+. The molecule has 1 aliphatic carbocycles. The summed E-state index contributed by atoms with van der Waals surface area (Å²) in [5, 5.41) is 12.5. The third-order valence-corrected chi connectivity index (χ3v) is 4.31. The summed E-state index contributed by atoms with van der Waals surface area (Å²) in [6, 6.07) is 3.56. The molecule has 2 rings (SSSR count). The van der Waals surface area contributed by atoms with Gasteiger partial charge in [-0.1, -0.05) is 19.3 Å². The lowest BCUT2D eigenvalue weighted by Gasteiger charge is -2.35. The van der Waals surface area contributed by atoms with Gasteiger partial charge in [0.1, 0.15) is 5.76 Å². The molecule has 0 unspecified atom stereocenters. The molecule has 4 nitrogen and oxygen atoms in total. The summed E-state index contributed by atoms with van der Waals surface area (Å²) >= 11 is 3.21. The van der Waals surface area contributed by atoms with Gasteiger partial charge in [-0.15, -0.1) is 0 Å². The molecule has 1 saturated carbocycles. The van der Waals surface area contributed by atoms with Crippen molar-refractivity contribution in [2.75, 3.05) is 13.2 Å². The van der Waals surface area contributed by atoms with E-state index in [1.54, 1.807) is 18.2 Å². The molecule has 110 valence electrons. The van der Waals surface area contributed by atoms with Crippen LogP contribution in [0.2, 0.25) is 0 Å². The molecule has 5 heteroatoms. The van der Waals surface area contributed by atoms with E-state index in [-0.39, 0.29) is 17.9 Å². The number of carbonyl (C=O) groups is 1. The van der Waals surface area contributed by atoms with Crippen LogP contribution in [0.25, 0.3) is 6.08 Å². The minimum absolute atomic E-state index is 0.130. The molecular weight excluding hydrogens is 322 g/mol. The van der Waals surface area contributed by atoms with Crippen LogP contribution in [-0.4, -0.2) is 24.2 Å². The molecule has 20 heavy (non-hydrogen) atoms. The molecule has 0 atom stereocenters. The summed E-state index contributed by atoms with van der Waals surface area (Å²) in [6.07, 6.45) is 8.55. The second kappa shape index (κ2) is 7.09. The Kier molecular flexibility index (Phi) is 5.43. The number of rotatable bonds is 5. The Bertz CT molecular complexity index is 475. The Hall–Kier alpha value is -1.07. The van der Waals surface area contributed by atoms with E-state index in [9.17, 15) is 9.90 Å². The number of furan rings is 1. The Labute approximate surface area is 127 Å². The number of halogens is 1. The van der Waals surface area contributed by atoms with Crippen molar-refractivity contribution >= 4 is 27.9 Å². The summed E-state index contributed by atoms with van der Waals surface area (Å²) in [6.45, 7) is 0.677. The van der Waals surface area contributed by atoms with Crippen LogP contribution >= 0.6 is 15.9 Å². The first-order valence-electron chi connectivity index (χ1n) is 6.96. The predicted molar refractivity (Wildman–Crippen MR) is 81.1 cm³/mol. The van der Waals surface area contributed by atoms with Gasteiger partial charge in [-0.3, -0.25) is 4.79 Å². The van der Waals surface area contributed by atoms with Crippen LogP contribution < -0.4 is 5.32 Å². The minimum Gasteiger partial charge on any atom is -0.450 e. The molecule has 1 aliphatic rings. The Morgan fingerprint density at radius 2 is 2.15 bits per heavy atom. The van der Waals surface area contributed by atoms with Crippen LogP contribution in [0.4, 0.5) is 0 Å². The second-order valence-corrected chi connectivity index (χ2v) is 6.19. The summed E-state index contributed by atoms with van der Waals surface area (Å²) in [4.78, 5) is 11.8. The molecule has 1 amide bonds. The second-order valence-electron chi connectivity index (χ2n) is 5.41. The monoisotopic (exact) mass is 341 g/mol. The van der Waals surface area contributed by atoms with Crippen molar-refractivity contribution in [2.45, 2.75) is 32.1 Å². The van der Waals surface area contributed by atoms with E-state index in [0.29, 0.717) is 17.0 Å². The number of carbonyl (C=O) groups excluding carboxylic acids is 1. The van der Waals surface area contributed by atoms with Gasteiger partial charge in [0.25, 0.3) is 0 Å². The van der Waals surface area contributed by atoms with Crippen LogP contribution in [0.1, 0.15) is 37.9 Å². The van der Waals surface area contributed by atoms with Crippen LogP contribution in [0.15, 0.2) is 27.3 Å². The van der Waals surface area contributed by atoms with E-state index in [4.69, 9.17) is 4.42 Å². The molecule has 0 spiro atoms. The fourth-order valence-corrected chi connectivity index (χ4v) is 2.92. The highest BCUT2D eigenvalue weighted by atomic mass is 79.9. The zero-order valence-electron chi connectivity index (χ0n) is 11.4. The zero-order valence-corrected chi connectivity index (χ0v) is 13.0. The van der Waals surface area contributed by atoms with E-state index in [1.807, 2.05) is 0 Å². The van der Waals surface area contributed by atoms with Gasteiger partial charge in [0.15, 0.2) is 4.67 Å². The third kappa shape index (κ3) is 4.21. The maximum absolute atomic E-state index is 11.8. The average Bonchev–Trinajstić information content (AvgIpc) is 2.89. The van der Waals surface area contributed by atoms with Crippen molar-refractivity contribution in [3.8, 4) is 0 Å². The van der Waals surface area contributed by atoms with Gasteiger partial charge in [0.05, 0.1) is 6.61 Å². The van der Waals surface area contributed by atoms with Crippen molar-refractivity contribution in [2.24, 2.45) is 5.41 Å². The quantitative estimate of drug-likeness (QED) is 0.809. The summed E-state index contributed by atoms with van der Waals surface area (Å²) in [7, 11) is 0. The molecule has 0 aliphatic heterocycles. The smallest absolute Gasteiger partial charge is 0.244 e. The Morgan fingerprint density at radius 3 is 2.75 bits per heavy atom. The average molecular weight is 342 g/mol. The number of hydrogen-bond donors (Lipinski definition) is 2. The van der Waals surface area contributed by atoms with Crippen molar-refractivity contribution in [3.63, 3.8) is 0 Å². The first-order valence-corrected chi connectivity index (χ1v) is 7.75. The molecule has 2 N–H and O–H groups in total. The van der Waals surface area contributed by atoms with E-state index < -0.39 is 0 Å². The van der Waals surface area contributed by atoms with Crippen LogP contribution in [0.3, 0.4) is 0 Å². The van der Waals surface area contributed by atoms with Crippen molar-refractivity contribution in [3.05, 3.63) is 28.6 Å². The van der Waals surface area contributed by atoms with Gasteiger partial charge in [-0.05, 0) is 47.0 Å². The highest BCUT2D eigenvalue weighted by Crippen LogP contribution is 2.35. The van der Waals surface area contributed by atoms with Crippen molar-refractivity contribution < 1.29 is 14.3 Å². The number of hydrogen-bond acceptors (Lipinski definition) is 3. The van der Waals surface area contributed by atoms with Gasteiger partial charge in [-0.2, -0.15) is 0 Å². The normalized spacial score (nSPS) is 18.3. The molecule has 0 saturated heterocycles. The fourth-order valence-electron chi connectivity index (χ4n) is 2.60. The van der Waals surface area contributed by atoms with E-state index >= 15 is 0 Å². The van der Waals surface area contributed by atoms with Gasteiger partial charge in [-0.25, -0.2) is 0 Å². The molecule has 1 fully saturated rings. The first kappa shape index (κ1) is 15.3. The molecular formula is C15H20BrNO3. The summed E-state index contributed by atoms with van der Waals surface area (Å²) < 4.78 is 5.92. The topological polar surface area (TPSA) is 62.5 Å². The molecule has 0 radical (unpaired) electrons. The number of amides is 1. The van der Waals surface area contributed by atoms with Crippen LogP contribution in [-0.2, 0) is 4.79 Å². The number of aliphatic hydroxyl groups excluding tert-OH is 1. The summed E-state index contributed by atoms with van der Waals surface area (Å²) in [5.41, 5.74) is -0.130. The van der Waals surface area contributed by atoms with E-state index in [1.165, 1.54) is 12.5 Å². The van der Waals surface area contributed by atoms with Crippen molar-refractivity contribution in [1.82, 2.24) is 5.32 Å². The van der Waals surface area contributed by atoms with Crippen LogP contribution in [0.5, 0.6) is 0 Å². The van der Waals surface area contributed by atoms with Crippen molar-refractivity contribution in [1.29, 1.82) is 0 Å². The molecule has 0 bridgehead atoms. The molecule has 1 heterocycles. The minimum atomic E-state index is -0.157. The van der Waals surface area contributed by atoms with Crippen LogP contribution in [0, 0.1) is 5.41 Å². The third-order valence-electron chi connectivity index (χ3n) is 3.88. The molecule has 1 aromatic heterocycles. The van der Waals surface area contributed by atoms with Gasteiger partial charge >= 0.3 is 0 Å². The Morgan fingerprint density at radius 1 is 1.40 bits per heavy atom. The highest BCUT2D eigenvalue weighted by Gasteiger charge is 2.31. The lowest BCUT2D eigenvalue weighted by Crippen LogP contribution is -2.40. The lowest BCUT2D eigenvalue weighted by molar-refractivity contribution is -0.117. The van der Waals surface area contributed by atoms with Gasteiger partial charge in [0, 0.05) is 18.0 Å². The Balaban J connectivity index is 1.83. The number of aliphatic hydroxyl groups is 1. The maximum Gasteiger partial charge on any atom is 0.244 e. The molecule has 0 aromatic carbocycles. The fraction of sp³-hybridized carbons (Fsp3) is 0.533. The largest absolute Gasteiger partial charge is 0.450 e. The lowest BCUT2D eigenvalue weighted by atomic mass is 9.74. The number of nitrogens with one attached hydrogen (secondary N) is 1. The first-order chi connectivity index (χ1) is 9.63. The van der Waals surface area contributed by atoms with E-state index in [2.05, 4.69) is 21.2 Å². The zero-order chi connectivity index (χ0) is 14.4. The maximum atomic E-state index is 11.8. The summed E-state index contributed by atoms with van der Waals surface area (Å²) in [5.74, 6) is 0.470. The van der Waals surface area contributed by atoms with E-state index in [0.717, 1.165) is 25.7 Å². The molecule has 1 aromatic rings. The highest BCUT2D eigenvalue weighted by molar-refractivity contribution is 9.10. The van der Waals surface area contributed by atoms with Gasteiger partial charge in [0.2, 0.25) is 5.91 Å². The van der Waals surface area contributed by atoms with Gasteiger partial charge < -0.3 is 14.8 Å². The SMILES string of the molecule is O=C(/C=C/c1ccc(Br)o1)NCC1(CO)CCCCC1.